The van der Waals surface area contributed by atoms with Gasteiger partial charge in [0.05, 0.1) is 19.1 Å². The molecule has 2 rings (SSSR count). The summed E-state index contributed by atoms with van der Waals surface area (Å²) in [4.78, 5) is 39.6. The Morgan fingerprint density at radius 2 is 1.78 bits per heavy atom. The second-order valence-electron chi connectivity index (χ2n) is 8.57. The fourth-order valence-electron chi connectivity index (χ4n) is 3.58. The van der Waals surface area contributed by atoms with Gasteiger partial charge in [0, 0.05) is 18.7 Å². The summed E-state index contributed by atoms with van der Waals surface area (Å²) in [6.45, 7) is 5.02. The molecule has 0 fully saturated rings. The van der Waals surface area contributed by atoms with Crippen molar-refractivity contribution < 1.29 is 27.5 Å². The number of anilines is 1. The monoisotopic (exact) mass is 517 g/mol. The lowest BCUT2D eigenvalue weighted by Gasteiger charge is -2.31. The van der Waals surface area contributed by atoms with Crippen LogP contribution in [0.3, 0.4) is 0 Å². The average Bonchev–Trinajstić information content (AvgIpc) is 2.84. The van der Waals surface area contributed by atoms with Crippen LogP contribution in [0.5, 0.6) is 5.75 Å². The molecule has 0 saturated heterocycles. The number of unbranched alkanes of at least 4 members (excludes halogenated alkanes) is 1. The first-order valence-electron chi connectivity index (χ1n) is 11.8. The summed E-state index contributed by atoms with van der Waals surface area (Å²) in [6.07, 6.45) is 2.70. The number of ether oxygens (including phenoxy) is 1. The zero-order valence-corrected chi connectivity index (χ0v) is 22.3. The molecule has 1 N–H and O–H groups in total. The van der Waals surface area contributed by atoms with E-state index in [1.807, 2.05) is 6.92 Å². The third kappa shape index (κ3) is 8.08. The molecule has 0 aliphatic heterocycles. The van der Waals surface area contributed by atoms with Crippen molar-refractivity contribution in [1.29, 1.82) is 0 Å². The largest absolute Gasteiger partial charge is 0.497 e. The Hall–Kier alpha value is -3.40. The van der Waals surface area contributed by atoms with Crippen LogP contribution in [0.2, 0.25) is 0 Å². The normalized spacial score (nSPS) is 11.9. The Bertz CT molecular complexity index is 1180. The second-order valence-corrected chi connectivity index (χ2v) is 10.5. The van der Waals surface area contributed by atoms with Crippen molar-refractivity contribution in [3.8, 4) is 5.75 Å². The number of carbonyl (C=O) groups excluding carboxylic acids is 3. The van der Waals surface area contributed by atoms with Gasteiger partial charge in [0.25, 0.3) is 0 Å². The number of ketones is 1. The molecule has 0 saturated carbocycles. The molecule has 0 unspecified atom stereocenters. The highest BCUT2D eigenvalue weighted by atomic mass is 32.2. The summed E-state index contributed by atoms with van der Waals surface area (Å²) in [5.74, 6) is -0.522. The van der Waals surface area contributed by atoms with Crippen LogP contribution in [0.4, 0.5) is 5.69 Å². The van der Waals surface area contributed by atoms with Gasteiger partial charge in [-0.1, -0.05) is 37.6 Å². The van der Waals surface area contributed by atoms with Crippen LogP contribution in [-0.2, 0) is 26.2 Å². The molecule has 0 aliphatic carbocycles. The van der Waals surface area contributed by atoms with Crippen LogP contribution in [0.15, 0.2) is 48.5 Å². The van der Waals surface area contributed by atoms with E-state index in [1.54, 1.807) is 43.3 Å². The minimum Gasteiger partial charge on any atom is -0.497 e. The zero-order chi connectivity index (χ0) is 26.9. The van der Waals surface area contributed by atoms with E-state index >= 15 is 0 Å². The van der Waals surface area contributed by atoms with Gasteiger partial charge in [-0.15, -0.1) is 0 Å². The molecule has 2 amide bonds. The number of sulfonamides is 1. The SMILES string of the molecule is CCCCNC(=O)[C@H](C)N(Cc1cccc(OC)c1)C(=O)CN(c1cccc(C(C)=O)c1)S(C)(=O)=O. The maximum Gasteiger partial charge on any atom is 0.244 e. The molecule has 1 atom stereocenters. The van der Waals surface area contributed by atoms with E-state index in [4.69, 9.17) is 4.74 Å². The lowest BCUT2D eigenvalue weighted by Crippen LogP contribution is -2.51. The third-order valence-corrected chi connectivity index (χ3v) is 6.84. The van der Waals surface area contributed by atoms with E-state index < -0.39 is 28.5 Å². The second kappa shape index (κ2) is 13.1. The fraction of sp³-hybridized carbons (Fsp3) is 0.423. The first-order valence-corrected chi connectivity index (χ1v) is 13.6. The Morgan fingerprint density at radius 1 is 1.08 bits per heavy atom. The van der Waals surface area contributed by atoms with E-state index in [0.717, 1.165) is 29.0 Å². The van der Waals surface area contributed by atoms with E-state index in [0.29, 0.717) is 17.9 Å². The van der Waals surface area contributed by atoms with Crippen molar-refractivity contribution in [2.24, 2.45) is 0 Å². The smallest absolute Gasteiger partial charge is 0.244 e. The molecule has 2 aromatic carbocycles. The van der Waals surface area contributed by atoms with Crippen molar-refractivity contribution in [1.82, 2.24) is 10.2 Å². The standard InChI is InChI=1S/C26H35N3O6S/c1-6-7-14-27-26(32)19(2)28(17-21-10-8-13-24(15-21)35-4)25(31)18-29(36(5,33)34)23-12-9-11-22(16-23)20(3)30/h8-13,15-16,19H,6-7,14,17-18H2,1-5H3,(H,27,32)/t19-/m0/s1. The number of rotatable bonds is 13. The summed E-state index contributed by atoms with van der Waals surface area (Å²) in [5, 5.41) is 2.84. The summed E-state index contributed by atoms with van der Waals surface area (Å²) < 4.78 is 31.5. The van der Waals surface area contributed by atoms with Crippen molar-refractivity contribution in [2.45, 2.75) is 46.2 Å². The van der Waals surface area contributed by atoms with Crippen molar-refractivity contribution in [2.75, 3.05) is 30.8 Å². The van der Waals surface area contributed by atoms with Gasteiger partial charge in [-0.3, -0.25) is 18.7 Å². The molecule has 0 bridgehead atoms. The molecule has 0 spiro atoms. The highest BCUT2D eigenvalue weighted by molar-refractivity contribution is 7.92. The Morgan fingerprint density at radius 3 is 2.39 bits per heavy atom. The van der Waals surface area contributed by atoms with Gasteiger partial charge < -0.3 is 15.0 Å². The highest BCUT2D eigenvalue weighted by Gasteiger charge is 2.30. The van der Waals surface area contributed by atoms with Gasteiger partial charge in [0.2, 0.25) is 21.8 Å². The molecule has 10 heteroatoms. The Labute approximate surface area is 213 Å². The minimum atomic E-state index is -3.88. The lowest BCUT2D eigenvalue weighted by molar-refractivity contribution is -0.139. The van der Waals surface area contributed by atoms with Crippen molar-refractivity contribution >= 4 is 33.3 Å². The summed E-state index contributed by atoms with van der Waals surface area (Å²) >= 11 is 0. The number of hydrogen-bond donors (Lipinski definition) is 1. The molecule has 0 radical (unpaired) electrons. The van der Waals surface area contributed by atoms with Gasteiger partial charge in [-0.05, 0) is 50.1 Å². The Balaban J connectivity index is 2.40. The molecular formula is C26H35N3O6S. The summed E-state index contributed by atoms with van der Waals surface area (Å²) in [7, 11) is -2.35. The number of carbonyl (C=O) groups is 3. The highest BCUT2D eigenvalue weighted by Crippen LogP contribution is 2.21. The number of benzene rings is 2. The summed E-state index contributed by atoms with van der Waals surface area (Å²) in [6, 6.07) is 12.3. The first kappa shape index (κ1) is 28.8. The fourth-order valence-corrected chi connectivity index (χ4v) is 4.42. The number of hydrogen-bond acceptors (Lipinski definition) is 6. The van der Waals surface area contributed by atoms with E-state index in [9.17, 15) is 22.8 Å². The van der Waals surface area contributed by atoms with Crippen LogP contribution in [0.25, 0.3) is 0 Å². The molecule has 2 aromatic rings. The van der Waals surface area contributed by atoms with E-state index in [2.05, 4.69) is 5.32 Å². The number of nitrogens with zero attached hydrogens (tertiary/aromatic N) is 2. The molecule has 0 aromatic heterocycles. The predicted molar refractivity (Wildman–Crippen MR) is 140 cm³/mol. The average molecular weight is 518 g/mol. The van der Waals surface area contributed by atoms with Crippen LogP contribution < -0.4 is 14.4 Å². The maximum atomic E-state index is 13.6. The third-order valence-electron chi connectivity index (χ3n) is 5.70. The maximum absolute atomic E-state index is 13.6. The number of nitrogens with one attached hydrogen (secondary N) is 1. The zero-order valence-electron chi connectivity index (χ0n) is 21.5. The first-order chi connectivity index (χ1) is 17.0. The quantitative estimate of drug-likeness (QED) is 0.323. The van der Waals surface area contributed by atoms with Crippen LogP contribution >= 0.6 is 0 Å². The van der Waals surface area contributed by atoms with E-state index in [1.165, 1.54) is 31.1 Å². The summed E-state index contributed by atoms with van der Waals surface area (Å²) in [5.41, 5.74) is 1.24. The minimum absolute atomic E-state index is 0.0729. The lowest BCUT2D eigenvalue weighted by atomic mass is 10.1. The van der Waals surface area contributed by atoms with E-state index in [-0.39, 0.29) is 23.9 Å². The van der Waals surface area contributed by atoms with Crippen LogP contribution in [-0.4, -0.2) is 63.4 Å². The van der Waals surface area contributed by atoms with Gasteiger partial charge in [-0.25, -0.2) is 8.42 Å². The van der Waals surface area contributed by atoms with Crippen LogP contribution in [0, 0.1) is 0 Å². The molecule has 0 heterocycles. The van der Waals surface area contributed by atoms with Crippen molar-refractivity contribution in [3.63, 3.8) is 0 Å². The predicted octanol–water partition coefficient (Wildman–Crippen LogP) is 3.00. The number of amides is 2. The number of methoxy groups -OCH3 is 1. The van der Waals surface area contributed by atoms with Gasteiger partial charge >= 0.3 is 0 Å². The topological polar surface area (TPSA) is 113 Å². The Kier molecular flexibility index (Phi) is 10.5. The van der Waals surface area contributed by atoms with Crippen LogP contribution in [0.1, 0.15) is 49.5 Å². The molecule has 0 aliphatic rings. The van der Waals surface area contributed by atoms with Gasteiger partial charge in [0.1, 0.15) is 18.3 Å². The molecular weight excluding hydrogens is 482 g/mol. The molecule has 36 heavy (non-hydrogen) atoms. The number of Topliss-reactive ketones (excluding diaryl/α,β-unsaturated/α-hetero) is 1. The van der Waals surface area contributed by atoms with Gasteiger partial charge in [-0.2, -0.15) is 0 Å². The molecule has 9 nitrogen and oxygen atoms in total. The van der Waals surface area contributed by atoms with Gasteiger partial charge in [0.15, 0.2) is 5.78 Å². The molecule has 196 valence electrons. The van der Waals surface area contributed by atoms with Crippen molar-refractivity contribution in [3.05, 3.63) is 59.7 Å².